The highest BCUT2D eigenvalue weighted by Gasteiger charge is 2.12. The van der Waals surface area contributed by atoms with Crippen molar-refractivity contribution in [2.75, 3.05) is 19.5 Å². The molecule has 0 amide bonds. The van der Waals surface area contributed by atoms with E-state index in [-0.39, 0.29) is 10.9 Å². The Morgan fingerprint density at radius 3 is 2.58 bits per heavy atom. The first-order chi connectivity index (χ1) is 14.9. The van der Waals surface area contributed by atoms with E-state index in [1.165, 1.54) is 12.1 Å². The average Bonchev–Trinajstić information content (AvgIpc) is 3.02. The van der Waals surface area contributed by atoms with Crippen LogP contribution in [-0.2, 0) is 6.54 Å². The van der Waals surface area contributed by atoms with E-state index in [4.69, 9.17) is 33.3 Å². The largest absolute Gasteiger partial charge is 0.493 e. The van der Waals surface area contributed by atoms with E-state index < -0.39 is 0 Å². The van der Waals surface area contributed by atoms with E-state index in [1.807, 2.05) is 6.92 Å². The standard InChI is InChI=1S/C21H21ClFN5O2S/c1-13-17(20(22)28(27-13)12-14-4-6-15(23)7-5-14)11-24-26-21(31)25-16-8-9-18(29-2)19(10-16)30-3/h4-11H,12H2,1-3H3,(H2,25,26,31). The fraction of sp³-hybridized carbons (Fsp3) is 0.190. The van der Waals surface area contributed by atoms with Gasteiger partial charge < -0.3 is 14.8 Å². The molecular weight excluding hydrogens is 441 g/mol. The van der Waals surface area contributed by atoms with E-state index in [0.29, 0.717) is 40.1 Å². The maximum Gasteiger partial charge on any atom is 0.191 e. The van der Waals surface area contributed by atoms with Crippen LogP contribution in [0.5, 0.6) is 11.5 Å². The van der Waals surface area contributed by atoms with Gasteiger partial charge in [-0.1, -0.05) is 23.7 Å². The molecule has 0 aliphatic heterocycles. The van der Waals surface area contributed by atoms with Crippen molar-refractivity contribution in [1.82, 2.24) is 15.2 Å². The van der Waals surface area contributed by atoms with Crippen LogP contribution in [-0.4, -0.2) is 35.3 Å². The van der Waals surface area contributed by atoms with E-state index in [2.05, 4.69) is 20.9 Å². The second-order valence-corrected chi connectivity index (χ2v) is 7.23. The van der Waals surface area contributed by atoms with Gasteiger partial charge in [0, 0.05) is 11.8 Å². The number of halogens is 2. The number of rotatable bonds is 7. The number of nitrogens with zero attached hydrogens (tertiary/aromatic N) is 3. The normalized spacial score (nSPS) is 10.9. The molecule has 1 aromatic heterocycles. The summed E-state index contributed by atoms with van der Waals surface area (Å²) >= 11 is 11.7. The SMILES string of the molecule is COc1ccc(NC(=S)NN=Cc2c(C)nn(Cc3ccc(F)cc3)c2Cl)cc1OC. The smallest absolute Gasteiger partial charge is 0.191 e. The number of anilines is 1. The number of methoxy groups -OCH3 is 2. The van der Waals surface area contributed by atoms with Crippen molar-refractivity contribution >= 4 is 40.8 Å². The number of ether oxygens (including phenoxy) is 2. The van der Waals surface area contributed by atoms with Crippen LogP contribution < -0.4 is 20.2 Å². The molecule has 0 saturated carbocycles. The van der Waals surface area contributed by atoms with Crippen LogP contribution >= 0.6 is 23.8 Å². The van der Waals surface area contributed by atoms with Gasteiger partial charge in [-0.3, -0.25) is 5.43 Å². The molecule has 0 aliphatic rings. The van der Waals surface area contributed by atoms with Gasteiger partial charge in [0.25, 0.3) is 0 Å². The predicted octanol–water partition coefficient (Wildman–Crippen LogP) is 4.37. The monoisotopic (exact) mass is 461 g/mol. The molecule has 31 heavy (non-hydrogen) atoms. The van der Waals surface area contributed by atoms with Crippen LogP contribution in [0, 0.1) is 12.7 Å². The second-order valence-electron chi connectivity index (χ2n) is 6.47. The van der Waals surface area contributed by atoms with Crippen LogP contribution in [0.15, 0.2) is 47.6 Å². The molecule has 162 valence electrons. The fourth-order valence-electron chi connectivity index (χ4n) is 2.81. The third kappa shape index (κ3) is 5.71. The van der Waals surface area contributed by atoms with Gasteiger partial charge in [0.2, 0.25) is 0 Å². The second kappa shape index (κ2) is 10.2. The lowest BCUT2D eigenvalue weighted by atomic mass is 10.2. The van der Waals surface area contributed by atoms with E-state index in [1.54, 1.807) is 55.4 Å². The molecule has 0 saturated heterocycles. The molecule has 2 aromatic carbocycles. The van der Waals surface area contributed by atoms with Crippen LogP contribution in [0.2, 0.25) is 5.15 Å². The molecule has 0 bridgehead atoms. The number of nitrogens with one attached hydrogen (secondary N) is 2. The summed E-state index contributed by atoms with van der Waals surface area (Å²) in [6.07, 6.45) is 1.55. The van der Waals surface area contributed by atoms with Gasteiger partial charge in [-0.15, -0.1) is 0 Å². The van der Waals surface area contributed by atoms with Gasteiger partial charge in [-0.2, -0.15) is 10.2 Å². The number of aromatic nitrogens is 2. The summed E-state index contributed by atoms with van der Waals surface area (Å²) in [5.41, 5.74) is 5.70. The molecule has 0 aliphatic carbocycles. The third-order valence-corrected chi connectivity index (χ3v) is 4.95. The number of hydrazone groups is 1. The lowest BCUT2D eigenvalue weighted by Crippen LogP contribution is -2.23. The maximum atomic E-state index is 13.1. The number of aryl methyl sites for hydroxylation is 1. The molecule has 0 unspecified atom stereocenters. The van der Waals surface area contributed by atoms with Gasteiger partial charge in [0.1, 0.15) is 11.0 Å². The van der Waals surface area contributed by atoms with Crippen molar-refractivity contribution < 1.29 is 13.9 Å². The third-order valence-electron chi connectivity index (χ3n) is 4.36. The summed E-state index contributed by atoms with van der Waals surface area (Å²) in [4.78, 5) is 0. The van der Waals surface area contributed by atoms with E-state index in [9.17, 15) is 4.39 Å². The van der Waals surface area contributed by atoms with Gasteiger partial charge in [-0.05, 0) is 49.0 Å². The fourth-order valence-corrected chi connectivity index (χ4v) is 3.26. The Labute approximate surface area is 189 Å². The summed E-state index contributed by atoms with van der Waals surface area (Å²) in [6.45, 7) is 2.25. The van der Waals surface area contributed by atoms with Crippen molar-refractivity contribution in [3.05, 3.63) is 70.3 Å². The maximum absolute atomic E-state index is 13.1. The van der Waals surface area contributed by atoms with Crippen LogP contribution in [0.25, 0.3) is 0 Å². The van der Waals surface area contributed by atoms with Gasteiger partial charge >= 0.3 is 0 Å². The minimum Gasteiger partial charge on any atom is -0.493 e. The number of hydrogen-bond donors (Lipinski definition) is 2. The molecule has 0 spiro atoms. The summed E-state index contributed by atoms with van der Waals surface area (Å²) in [7, 11) is 3.13. The van der Waals surface area contributed by atoms with Gasteiger partial charge in [0.15, 0.2) is 16.6 Å². The lowest BCUT2D eigenvalue weighted by molar-refractivity contribution is 0.355. The Hall–Kier alpha value is -3.17. The van der Waals surface area contributed by atoms with Crippen LogP contribution in [0.3, 0.4) is 0 Å². The molecule has 2 N–H and O–H groups in total. The molecule has 0 atom stereocenters. The molecule has 0 radical (unpaired) electrons. The Bertz CT molecular complexity index is 1100. The summed E-state index contributed by atoms with van der Waals surface area (Å²) in [5, 5.41) is 12.3. The minimum absolute atomic E-state index is 0.288. The summed E-state index contributed by atoms with van der Waals surface area (Å²) in [5.74, 6) is 0.908. The number of benzene rings is 2. The van der Waals surface area contributed by atoms with Crippen LogP contribution in [0.4, 0.5) is 10.1 Å². The highest BCUT2D eigenvalue weighted by Crippen LogP contribution is 2.29. The quantitative estimate of drug-likeness (QED) is 0.309. The Balaban J connectivity index is 1.63. The van der Waals surface area contributed by atoms with Crippen LogP contribution in [0.1, 0.15) is 16.8 Å². The topological polar surface area (TPSA) is 72.7 Å². The first-order valence-electron chi connectivity index (χ1n) is 9.20. The van der Waals surface area contributed by atoms with Gasteiger partial charge in [-0.25, -0.2) is 9.07 Å². The predicted molar refractivity (Wildman–Crippen MR) is 124 cm³/mol. The highest BCUT2D eigenvalue weighted by molar-refractivity contribution is 7.80. The zero-order valence-corrected chi connectivity index (χ0v) is 18.7. The summed E-state index contributed by atoms with van der Waals surface area (Å²) in [6, 6.07) is 11.5. The van der Waals surface area contributed by atoms with Crippen molar-refractivity contribution in [3.63, 3.8) is 0 Å². The van der Waals surface area contributed by atoms with Crippen molar-refractivity contribution in [1.29, 1.82) is 0 Å². The Morgan fingerprint density at radius 2 is 1.90 bits per heavy atom. The van der Waals surface area contributed by atoms with E-state index in [0.717, 1.165) is 5.56 Å². The highest BCUT2D eigenvalue weighted by atomic mass is 35.5. The molecule has 3 aromatic rings. The first kappa shape index (κ1) is 22.5. The molecular formula is C21H21ClFN5O2S. The van der Waals surface area contributed by atoms with Gasteiger partial charge in [0.05, 0.1) is 38.2 Å². The number of thiocarbonyl (C=S) groups is 1. The first-order valence-corrected chi connectivity index (χ1v) is 9.99. The zero-order valence-electron chi connectivity index (χ0n) is 17.1. The molecule has 0 fully saturated rings. The Kier molecular flexibility index (Phi) is 7.43. The molecule has 3 rings (SSSR count). The van der Waals surface area contributed by atoms with Crippen molar-refractivity contribution in [2.24, 2.45) is 5.10 Å². The van der Waals surface area contributed by atoms with E-state index >= 15 is 0 Å². The van der Waals surface area contributed by atoms with Crippen molar-refractivity contribution in [3.8, 4) is 11.5 Å². The van der Waals surface area contributed by atoms with Crippen molar-refractivity contribution in [2.45, 2.75) is 13.5 Å². The average molecular weight is 462 g/mol. The number of hydrogen-bond acceptors (Lipinski definition) is 5. The Morgan fingerprint density at radius 1 is 1.19 bits per heavy atom. The molecule has 7 nitrogen and oxygen atoms in total. The molecule has 1 heterocycles. The minimum atomic E-state index is -0.289. The molecule has 10 heteroatoms. The zero-order chi connectivity index (χ0) is 22.4. The lowest BCUT2D eigenvalue weighted by Gasteiger charge is -2.11. The summed E-state index contributed by atoms with van der Waals surface area (Å²) < 4.78 is 25.2.